The fourth-order valence-electron chi connectivity index (χ4n) is 2.67. The van der Waals surface area contributed by atoms with E-state index in [0.29, 0.717) is 17.1 Å². The van der Waals surface area contributed by atoms with Crippen molar-refractivity contribution in [3.8, 4) is 5.69 Å². The Morgan fingerprint density at radius 2 is 1.88 bits per heavy atom. The number of hydrogen-bond donors (Lipinski definition) is 1. The zero-order chi connectivity index (χ0) is 17.2. The first kappa shape index (κ1) is 15.0. The maximum absolute atomic E-state index is 13.1. The van der Waals surface area contributed by atoms with E-state index in [9.17, 15) is 9.18 Å². The molecule has 4 rings (SSSR count). The van der Waals surface area contributed by atoms with E-state index in [0.717, 1.165) is 10.9 Å². The Labute approximate surface area is 142 Å². The van der Waals surface area contributed by atoms with Crippen LogP contribution >= 0.6 is 0 Å². The number of benzene rings is 2. The van der Waals surface area contributed by atoms with Crippen LogP contribution in [0.4, 0.5) is 10.1 Å². The number of nitrogens with one attached hydrogen (secondary N) is 1. The summed E-state index contributed by atoms with van der Waals surface area (Å²) in [6.45, 7) is 0. The molecule has 5 nitrogen and oxygen atoms in total. The number of anilines is 1. The Morgan fingerprint density at radius 3 is 2.72 bits per heavy atom. The largest absolute Gasteiger partial charge is 0.320 e. The fourth-order valence-corrected chi connectivity index (χ4v) is 2.67. The molecule has 0 saturated carbocycles. The van der Waals surface area contributed by atoms with E-state index in [1.807, 2.05) is 30.3 Å². The van der Waals surface area contributed by atoms with Crippen molar-refractivity contribution in [2.45, 2.75) is 0 Å². The predicted octanol–water partition coefficient (Wildman–Crippen LogP) is 3.81. The number of fused-ring (bicyclic) bond motifs is 1. The second-order valence-corrected chi connectivity index (χ2v) is 5.46. The van der Waals surface area contributed by atoms with Gasteiger partial charge in [-0.05, 0) is 48.5 Å². The summed E-state index contributed by atoms with van der Waals surface area (Å²) in [6.07, 6.45) is 4.70. The first-order chi connectivity index (χ1) is 12.2. The molecule has 0 aliphatic carbocycles. The zero-order valence-electron chi connectivity index (χ0n) is 13.1. The molecule has 0 atom stereocenters. The van der Waals surface area contributed by atoms with Crippen molar-refractivity contribution in [3.05, 3.63) is 84.8 Å². The lowest BCUT2D eigenvalue weighted by molar-refractivity contribution is 0.102. The Kier molecular flexibility index (Phi) is 3.70. The van der Waals surface area contributed by atoms with E-state index in [-0.39, 0.29) is 11.7 Å². The second kappa shape index (κ2) is 6.16. The van der Waals surface area contributed by atoms with Gasteiger partial charge in [0.1, 0.15) is 11.5 Å². The summed E-state index contributed by atoms with van der Waals surface area (Å²) in [5, 5.41) is 3.75. The van der Waals surface area contributed by atoms with Gasteiger partial charge >= 0.3 is 0 Å². The number of nitrogens with zero attached hydrogens (tertiary/aromatic N) is 3. The third-order valence-corrected chi connectivity index (χ3v) is 3.87. The Bertz CT molecular complexity index is 1050. The van der Waals surface area contributed by atoms with Gasteiger partial charge in [0, 0.05) is 17.3 Å². The van der Waals surface area contributed by atoms with Crippen LogP contribution in [-0.4, -0.2) is 20.4 Å². The van der Waals surface area contributed by atoms with Crippen molar-refractivity contribution < 1.29 is 9.18 Å². The van der Waals surface area contributed by atoms with Crippen LogP contribution in [0.15, 0.2) is 73.3 Å². The summed E-state index contributed by atoms with van der Waals surface area (Å²) >= 11 is 0. The van der Waals surface area contributed by atoms with Crippen LogP contribution in [0.5, 0.6) is 0 Å². The maximum atomic E-state index is 13.1. The number of carbonyl (C=O) groups excluding carboxylic acids is 1. The molecule has 0 fully saturated rings. The Hall–Kier alpha value is -3.54. The highest BCUT2D eigenvalue weighted by Gasteiger charge is 2.14. The van der Waals surface area contributed by atoms with Gasteiger partial charge in [-0.3, -0.25) is 14.3 Å². The first-order valence-corrected chi connectivity index (χ1v) is 7.66. The highest BCUT2D eigenvalue weighted by Crippen LogP contribution is 2.22. The molecule has 0 aliphatic heterocycles. The molecule has 0 saturated heterocycles. The number of carbonyl (C=O) groups is 1. The molecule has 0 bridgehead atoms. The zero-order valence-corrected chi connectivity index (χ0v) is 13.1. The Morgan fingerprint density at radius 1 is 1.04 bits per heavy atom. The van der Waals surface area contributed by atoms with Crippen LogP contribution in [0, 0.1) is 5.82 Å². The van der Waals surface area contributed by atoms with E-state index < -0.39 is 0 Å². The van der Waals surface area contributed by atoms with Gasteiger partial charge in [-0.2, -0.15) is 0 Å². The number of hydrogen-bond acceptors (Lipinski definition) is 3. The molecule has 4 aromatic rings. The highest BCUT2D eigenvalue weighted by molar-refractivity contribution is 6.08. The fraction of sp³-hybridized carbons (Fsp3) is 0. The van der Waals surface area contributed by atoms with Gasteiger partial charge in [0.05, 0.1) is 23.7 Å². The van der Waals surface area contributed by atoms with Crippen LogP contribution < -0.4 is 5.32 Å². The number of imidazole rings is 1. The molecular weight excluding hydrogens is 319 g/mol. The summed E-state index contributed by atoms with van der Waals surface area (Å²) in [4.78, 5) is 21.0. The summed E-state index contributed by atoms with van der Waals surface area (Å²) in [7, 11) is 0. The molecule has 2 aromatic heterocycles. The number of rotatable bonds is 3. The Balaban J connectivity index is 1.68. The average molecular weight is 332 g/mol. The molecule has 122 valence electrons. The van der Waals surface area contributed by atoms with Gasteiger partial charge in [0.15, 0.2) is 0 Å². The minimum Gasteiger partial charge on any atom is -0.320 e. The lowest BCUT2D eigenvalue weighted by atomic mass is 10.2. The smallest absolute Gasteiger partial charge is 0.274 e. The normalized spacial score (nSPS) is 10.8. The molecule has 0 unspecified atom stereocenters. The van der Waals surface area contributed by atoms with Crippen LogP contribution in [0.2, 0.25) is 0 Å². The molecule has 6 heteroatoms. The molecule has 2 heterocycles. The van der Waals surface area contributed by atoms with E-state index in [1.54, 1.807) is 22.9 Å². The number of aromatic nitrogens is 3. The molecule has 0 spiro atoms. The van der Waals surface area contributed by atoms with Gasteiger partial charge in [-0.25, -0.2) is 9.37 Å². The average Bonchev–Trinajstić information content (AvgIpc) is 3.12. The minimum atomic E-state index is -0.335. The molecule has 1 N–H and O–H groups in total. The van der Waals surface area contributed by atoms with Gasteiger partial charge in [-0.1, -0.05) is 6.07 Å². The van der Waals surface area contributed by atoms with Gasteiger partial charge in [-0.15, -0.1) is 0 Å². The van der Waals surface area contributed by atoms with Crippen molar-refractivity contribution in [2.24, 2.45) is 0 Å². The van der Waals surface area contributed by atoms with E-state index in [4.69, 9.17) is 0 Å². The third kappa shape index (κ3) is 2.85. The van der Waals surface area contributed by atoms with E-state index in [1.165, 1.54) is 24.7 Å². The van der Waals surface area contributed by atoms with Crippen LogP contribution in [0.25, 0.3) is 16.6 Å². The number of halogens is 1. The topological polar surface area (TPSA) is 59.8 Å². The van der Waals surface area contributed by atoms with Gasteiger partial charge in [0.25, 0.3) is 5.91 Å². The van der Waals surface area contributed by atoms with E-state index >= 15 is 0 Å². The number of amides is 1. The first-order valence-electron chi connectivity index (χ1n) is 7.66. The van der Waals surface area contributed by atoms with Crippen molar-refractivity contribution >= 4 is 22.5 Å². The summed E-state index contributed by atoms with van der Waals surface area (Å²) in [5.41, 5.74) is 2.48. The lowest BCUT2D eigenvalue weighted by Gasteiger charge is -2.10. The monoisotopic (exact) mass is 332 g/mol. The minimum absolute atomic E-state index is 0.307. The molecule has 25 heavy (non-hydrogen) atoms. The van der Waals surface area contributed by atoms with Crippen molar-refractivity contribution in [3.63, 3.8) is 0 Å². The van der Waals surface area contributed by atoms with Crippen LogP contribution in [0.1, 0.15) is 10.5 Å². The quantitative estimate of drug-likeness (QED) is 0.620. The van der Waals surface area contributed by atoms with Crippen molar-refractivity contribution in [1.82, 2.24) is 14.5 Å². The predicted molar refractivity (Wildman–Crippen MR) is 93.2 cm³/mol. The SMILES string of the molecule is O=C(Nc1cccc2ncccc12)c1cncn1-c1ccc(F)cc1. The molecule has 1 amide bonds. The summed E-state index contributed by atoms with van der Waals surface area (Å²) in [5.74, 6) is -0.642. The standard InChI is InChI=1S/C19H13FN4O/c20-13-6-8-14(9-7-13)24-12-21-11-18(24)19(25)23-17-5-1-4-16-15(17)3-2-10-22-16/h1-12H,(H,23,25). The molecular formula is C19H13FN4O. The van der Waals surface area contributed by atoms with Crippen LogP contribution in [-0.2, 0) is 0 Å². The highest BCUT2D eigenvalue weighted by atomic mass is 19.1. The molecule has 0 aliphatic rings. The lowest BCUT2D eigenvalue weighted by Crippen LogP contribution is -2.16. The third-order valence-electron chi connectivity index (χ3n) is 3.87. The maximum Gasteiger partial charge on any atom is 0.274 e. The van der Waals surface area contributed by atoms with E-state index in [2.05, 4.69) is 15.3 Å². The number of pyridine rings is 1. The summed E-state index contributed by atoms with van der Waals surface area (Å²) < 4.78 is 14.7. The van der Waals surface area contributed by atoms with Crippen molar-refractivity contribution in [1.29, 1.82) is 0 Å². The summed E-state index contributed by atoms with van der Waals surface area (Å²) in [6, 6.07) is 15.1. The van der Waals surface area contributed by atoms with Crippen LogP contribution in [0.3, 0.4) is 0 Å². The van der Waals surface area contributed by atoms with Gasteiger partial charge in [0.2, 0.25) is 0 Å². The van der Waals surface area contributed by atoms with Gasteiger partial charge < -0.3 is 5.32 Å². The second-order valence-electron chi connectivity index (χ2n) is 5.46. The molecule has 0 radical (unpaired) electrons. The van der Waals surface area contributed by atoms with Crippen molar-refractivity contribution in [2.75, 3.05) is 5.32 Å². The molecule has 2 aromatic carbocycles.